The van der Waals surface area contributed by atoms with Crippen LogP contribution in [-0.2, 0) is 11.2 Å². The van der Waals surface area contributed by atoms with Gasteiger partial charge >= 0.3 is 0 Å². The molecule has 0 spiro atoms. The Balaban J connectivity index is 1.35. The molecule has 3 aromatic rings. The number of hydrogen-bond acceptors (Lipinski definition) is 5. The van der Waals surface area contributed by atoms with E-state index in [1.807, 2.05) is 0 Å². The number of anilines is 2. The lowest BCUT2D eigenvalue weighted by atomic mass is 10.2. The van der Waals surface area contributed by atoms with Gasteiger partial charge in [0, 0.05) is 42.9 Å². The van der Waals surface area contributed by atoms with Gasteiger partial charge in [-0.3, -0.25) is 4.79 Å². The van der Waals surface area contributed by atoms with Crippen LogP contribution in [0.2, 0.25) is 0 Å². The maximum Gasteiger partial charge on any atom is 0.227 e. The van der Waals surface area contributed by atoms with E-state index in [9.17, 15) is 13.6 Å². The summed E-state index contributed by atoms with van der Waals surface area (Å²) in [5.41, 5.74) is 1.83. The molecule has 4 rings (SSSR count). The standard InChI is InChI=1S/C21H20F2N4O2/c22-15-5-3-14(4-6-15)21-25-20(29-26-21)8-7-19(28)24-17-11-16(23)12-18(13-17)27-9-1-2-10-27/h3-6,11-13H,1-2,7-10H2,(H,24,28). The van der Waals surface area contributed by atoms with E-state index in [0.717, 1.165) is 31.6 Å². The van der Waals surface area contributed by atoms with Gasteiger partial charge in [0.15, 0.2) is 0 Å². The van der Waals surface area contributed by atoms with Crippen LogP contribution in [-0.4, -0.2) is 29.1 Å². The molecule has 2 heterocycles. The van der Waals surface area contributed by atoms with Crippen molar-refractivity contribution >= 4 is 17.3 Å². The number of nitrogens with one attached hydrogen (secondary N) is 1. The zero-order valence-corrected chi connectivity index (χ0v) is 15.7. The number of rotatable bonds is 6. The summed E-state index contributed by atoms with van der Waals surface area (Å²) in [4.78, 5) is 18.6. The van der Waals surface area contributed by atoms with E-state index in [-0.39, 0.29) is 30.4 Å². The van der Waals surface area contributed by atoms with Gasteiger partial charge in [-0.2, -0.15) is 4.98 Å². The van der Waals surface area contributed by atoms with Crippen molar-refractivity contribution in [2.45, 2.75) is 25.7 Å². The molecule has 0 aliphatic carbocycles. The van der Waals surface area contributed by atoms with Gasteiger partial charge in [0.05, 0.1) is 0 Å². The molecule has 8 heteroatoms. The van der Waals surface area contributed by atoms with E-state index in [1.54, 1.807) is 18.2 Å². The first-order chi connectivity index (χ1) is 14.1. The molecule has 1 fully saturated rings. The molecule has 1 amide bonds. The molecule has 0 bridgehead atoms. The molecule has 6 nitrogen and oxygen atoms in total. The van der Waals surface area contributed by atoms with Crippen molar-refractivity contribution in [1.29, 1.82) is 0 Å². The van der Waals surface area contributed by atoms with Gasteiger partial charge in [-0.25, -0.2) is 8.78 Å². The molecule has 0 saturated carbocycles. The highest BCUT2D eigenvalue weighted by Gasteiger charge is 2.15. The number of aryl methyl sites for hydroxylation is 1. The molecule has 1 saturated heterocycles. The van der Waals surface area contributed by atoms with Crippen LogP contribution in [0.5, 0.6) is 0 Å². The summed E-state index contributed by atoms with van der Waals surface area (Å²) in [5, 5.41) is 6.57. The number of carbonyl (C=O) groups excluding carboxylic acids is 1. The van der Waals surface area contributed by atoms with Crippen LogP contribution in [0.3, 0.4) is 0 Å². The predicted molar refractivity (Wildman–Crippen MR) is 104 cm³/mol. The van der Waals surface area contributed by atoms with E-state index in [4.69, 9.17) is 4.52 Å². The quantitative estimate of drug-likeness (QED) is 0.674. The zero-order valence-electron chi connectivity index (χ0n) is 15.7. The van der Waals surface area contributed by atoms with E-state index in [2.05, 4.69) is 20.4 Å². The fraction of sp³-hybridized carbons (Fsp3) is 0.286. The van der Waals surface area contributed by atoms with E-state index in [1.165, 1.54) is 24.3 Å². The van der Waals surface area contributed by atoms with Crippen LogP contribution in [0, 0.1) is 11.6 Å². The second-order valence-electron chi connectivity index (χ2n) is 6.96. The smallest absolute Gasteiger partial charge is 0.227 e. The van der Waals surface area contributed by atoms with Gasteiger partial charge in [-0.15, -0.1) is 0 Å². The molecule has 1 N–H and O–H groups in total. The highest BCUT2D eigenvalue weighted by molar-refractivity contribution is 5.91. The Labute approximate surface area is 166 Å². The van der Waals surface area contributed by atoms with Gasteiger partial charge in [0.25, 0.3) is 0 Å². The first-order valence-corrected chi connectivity index (χ1v) is 9.51. The van der Waals surface area contributed by atoms with Crippen molar-refractivity contribution in [1.82, 2.24) is 10.1 Å². The molecular formula is C21H20F2N4O2. The summed E-state index contributed by atoms with van der Waals surface area (Å²) in [6.45, 7) is 1.79. The average Bonchev–Trinajstić information content (AvgIpc) is 3.39. The second-order valence-corrected chi connectivity index (χ2v) is 6.96. The number of amides is 1. The Morgan fingerprint density at radius 1 is 1.07 bits per heavy atom. The second kappa shape index (κ2) is 8.38. The van der Waals surface area contributed by atoms with E-state index >= 15 is 0 Å². The van der Waals surface area contributed by atoms with Gasteiger partial charge in [-0.05, 0) is 55.3 Å². The lowest BCUT2D eigenvalue weighted by Gasteiger charge is -2.18. The monoisotopic (exact) mass is 398 g/mol. The minimum Gasteiger partial charge on any atom is -0.371 e. The zero-order chi connectivity index (χ0) is 20.2. The third kappa shape index (κ3) is 4.77. The fourth-order valence-corrected chi connectivity index (χ4v) is 3.32. The molecule has 0 atom stereocenters. The van der Waals surface area contributed by atoms with Crippen molar-refractivity contribution in [3.05, 3.63) is 60.0 Å². The SMILES string of the molecule is O=C(CCc1nc(-c2ccc(F)cc2)no1)Nc1cc(F)cc(N2CCCC2)c1. The number of hydrogen-bond donors (Lipinski definition) is 1. The maximum atomic E-state index is 13.9. The Hall–Kier alpha value is -3.29. The topological polar surface area (TPSA) is 71.3 Å². The van der Waals surface area contributed by atoms with Crippen molar-refractivity contribution < 1.29 is 18.1 Å². The minimum absolute atomic E-state index is 0.112. The molecule has 2 aromatic carbocycles. The Morgan fingerprint density at radius 2 is 1.83 bits per heavy atom. The third-order valence-corrected chi connectivity index (χ3v) is 4.77. The molecule has 1 aliphatic rings. The summed E-state index contributed by atoms with van der Waals surface area (Å²) in [7, 11) is 0. The summed E-state index contributed by atoms with van der Waals surface area (Å²) < 4.78 is 32.1. The number of nitrogens with zero attached hydrogens (tertiary/aromatic N) is 3. The first-order valence-electron chi connectivity index (χ1n) is 9.51. The molecule has 150 valence electrons. The van der Waals surface area contributed by atoms with Crippen molar-refractivity contribution in [2.75, 3.05) is 23.3 Å². The van der Waals surface area contributed by atoms with Gasteiger partial charge in [0.1, 0.15) is 11.6 Å². The normalized spacial score (nSPS) is 13.7. The molecule has 1 aliphatic heterocycles. The van der Waals surface area contributed by atoms with Crippen LogP contribution < -0.4 is 10.2 Å². The van der Waals surface area contributed by atoms with Crippen molar-refractivity contribution in [3.63, 3.8) is 0 Å². The number of benzene rings is 2. The van der Waals surface area contributed by atoms with Crippen LogP contribution in [0.1, 0.15) is 25.2 Å². The van der Waals surface area contributed by atoms with Gasteiger partial charge in [-0.1, -0.05) is 5.16 Å². The van der Waals surface area contributed by atoms with Crippen LogP contribution >= 0.6 is 0 Å². The number of halogens is 2. The average molecular weight is 398 g/mol. The fourth-order valence-electron chi connectivity index (χ4n) is 3.32. The first kappa shape index (κ1) is 19.0. The Morgan fingerprint density at radius 3 is 2.59 bits per heavy atom. The molecule has 0 radical (unpaired) electrons. The van der Waals surface area contributed by atoms with Gasteiger partial charge < -0.3 is 14.7 Å². The molecule has 29 heavy (non-hydrogen) atoms. The van der Waals surface area contributed by atoms with Crippen molar-refractivity contribution in [2.24, 2.45) is 0 Å². The molecule has 1 aromatic heterocycles. The maximum absolute atomic E-state index is 13.9. The Bertz CT molecular complexity index is 998. The largest absolute Gasteiger partial charge is 0.371 e. The summed E-state index contributed by atoms with van der Waals surface area (Å²) in [5.74, 6) is -0.369. The molecular weight excluding hydrogens is 378 g/mol. The van der Waals surface area contributed by atoms with Gasteiger partial charge in [0.2, 0.25) is 17.6 Å². The highest BCUT2D eigenvalue weighted by Crippen LogP contribution is 2.25. The highest BCUT2D eigenvalue weighted by atomic mass is 19.1. The predicted octanol–water partition coefficient (Wildman–Crippen LogP) is 4.19. The minimum atomic E-state index is -0.384. The van der Waals surface area contributed by atoms with E-state index < -0.39 is 0 Å². The third-order valence-electron chi connectivity index (χ3n) is 4.77. The lowest BCUT2D eigenvalue weighted by molar-refractivity contribution is -0.116. The number of aromatic nitrogens is 2. The summed E-state index contributed by atoms with van der Waals surface area (Å²) >= 11 is 0. The lowest BCUT2D eigenvalue weighted by Crippen LogP contribution is -2.18. The van der Waals surface area contributed by atoms with E-state index in [0.29, 0.717) is 23.0 Å². The summed E-state index contributed by atoms with van der Waals surface area (Å²) in [6, 6.07) is 10.3. The number of carbonyl (C=O) groups is 1. The summed E-state index contributed by atoms with van der Waals surface area (Å²) in [6.07, 6.45) is 2.53. The van der Waals surface area contributed by atoms with Crippen LogP contribution in [0.4, 0.5) is 20.2 Å². The van der Waals surface area contributed by atoms with Crippen molar-refractivity contribution in [3.8, 4) is 11.4 Å². The Kier molecular flexibility index (Phi) is 5.50. The van der Waals surface area contributed by atoms with Crippen LogP contribution in [0.25, 0.3) is 11.4 Å². The van der Waals surface area contributed by atoms with Crippen LogP contribution in [0.15, 0.2) is 47.0 Å². The molecule has 0 unspecified atom stereocenters.